The maximum absolute atomic E-state index is 11.8. The van der Waals surface area contributed by atoms with Gasteiger partial charge >= 0.3 is 0 Å². The van der Waals surface area contributed by atoms with E-state index in [1.54, 1.807) is 13.0 Å². The summed E-state index contributed by atoms with van der Waals surface area (Å²) >= 11 is 0. The third-order valence-electron chi connectivity index (χ3n) is 2.17. The van der Waals surface area contributed by atoms with Crippen LogP contribution in [0.25, 0.3) is 0 Å². The van der Waals surface area contributed by atoms with Crippen molar-refractivity contribution in [3.8, 4) is 11.5 Å². The lowest BCUT2D eigenvalue weighted by atomic mass is 10.1. The summed E-state index contributed by atoms with van der Waals surface area (Å²) in [4.78, 5) is 11.8. The second-order valence-corrected chi connectivity index (χ2v) is 15.5. The van der Waals surface area contributed by atoms with Crippen LogP contribution < -0.4 is 8.85 Å². The number of hydrogen-bond donors (Lipinski definition) is 0. The fraction of sp³-hybridized carbons (Fsp3) is 0.500. The van der Waals surface area contributed by atoms with E-state index in [2.05, 4.69) is 39.3 Å². The first kappa shape index (κ1) is 16.0. The van der Waals surface area contributed by atoms with E-state index in [0.29, 0.717) is 11.3 Å². The number of Topliss-reactive ketones (excluding diaryl/α,β-unsaturated/α-hetero) is 1. The molecule has 19 heavy (non-hydrogen) atoms. The van der Waals surface area contributed by atoms with E-state index >= 15 is 0 Å². The zero-order valence-electron chi connectivity index (χ0n) is 13.0. The first-order valence-electron chi connectivity index (χ1n) is 6.51. The highest BCUT2D eigenvalue weighted by Gasteiger charge is 2.21. The predicted octanol–water partition coefficient (Wildman–Crippen LogP) is 4.32. The predicted molar refractivity (Wildman–Crippen MR) is 84.4 cm³/mol. The standard InChI is InChI=1S/C14H24O3Si2/c1-11(15)13-10-12(16-18(2,3)4)8-9-14(13)17-19(5,6)7/h8-10H,1-7H3. The van der Waals surface area contributed by atoms with Crippen molar-refractivity contribution in [3.63, 3.8) is 0 Å². The Morgan fingerprint density at radius 1 is 0.947 bits per heavy atom. The summed E-state index contributed by atoms with van der Waals surface area (Å²) in [6.45, 7) is 14.2. The molecular formula is C14H24O3Si2. The Bertz CT molecular complexity index is 471. The van der Waals surface area contributed by atoms with E-state index in [1.165, 1.54) is 0 Å². The maximum atomic E-state index is 11.8. The van der Waals surface area contributed by atoms with Gasteiger partial charge in [-0.3, -0.25) is 4.79 Å². The van der Waals surface area contributed by atoms with E-state index in [9.17, 15) is 4.79 Å². The highest BCUT2D eigenvalue weighted by atomic mass is 28.4. The molecule has 0 bridgehead atoms. The lowest BCUT2D eigenvalue weighted by Crippen LogP contribution is -2.31. The van der Waals surface area contributed by atoms with Gasteiger partial charge in [0.25, 0.3) is 0 Å². The molecule has 3 nitrogen and oxygen atoms in total. The highest BCUT2D eigenvalue weighted by molar-refractivity contribution is 6.70. The summed E-state index contributed by atoms with van der Waals surface area (Å²) in [6.07, 6.45) is 0. The normalized spacial score (nSPS) is 12.2. The van der Waals surface area contributed by atoms with E-state index in [0.717, 1.165) is 5.75 Å². The Morgan fingerprint density at radius 3 is 1.89 bits per heavy atom. The van der Waals surface area contributed by atoms with Crippen molar-refractivity contribution in [2.24, 2.45) is 0 Å². The third kappa shape index (κ3) is 5.61. The van der Waals surface area contributed by atoms with Gasteiger partial charge in [-0.15, -0.1) is 0 Å². The molecule has 0 heterocycles. The Labute approximate surface area is 118 Å². The van der Waals surface area contributed by atoms with E-state index in [1.807, 2.05) is 12.1 Å². The van der Waals surface area contributed by atoms with Crippen molar-refractivity contribution >= 4 is 22.4 Å². The second-order valence-electron chi connectivity index (χ2n) is 6.64. The lowest BCUT2D eigenvalue weighted by molar-refractivity contribution is 0.101. The summed E-state index contributed by atoms with van der Waals surface area (Å²) < 4.78 is 11.9. The Hall–Kier alpha value is -1.08. The molecule has 0 saturated heterocycles. The molecule has 1 aromatic rings. The maximum Gasteiger partial charge on any atom is 0.242 e. The summed E-state index contributed by atoms with van der Waals surface area (Å²) in [6, 6.07) is 5.54. The van der Waals surface area contributed by atoms with E-state index in [4.69, 9.17) is 8.85 Å². The van der Waals surface area contributed by atoms with Crippen molar-refractivity contribution in [3.05, 3.63) is 23.8 Å². The first-order valence-corrected chi connectivity index (χ1v) is 13.3. The molecule has 0 unspecified atom stereocenters. The molecule has 0 fully saturated rings. The van der Waals surface area contributed by atoms with Crippen LogP contribution in [-0.4, -0.2) is 22.4 Å². The number of carbonyl (C=O) groups is 1. The fourth-order valence-corrected chi connectivity index (χ4v) is 3.29. The third-order valence-corrected chi connectivity index (χ3v) is 3.85. The molecule has 0 atom stereocenters. The Kier molecular flexibility index (Phi) is 4.63. The van der Waals surface area contributed by atoms with Crippen LogP contribution in [0.2, 0.25) is 39.3 Å². The average molecular weight is 297 g/mol. The van der Waals surface area contributed by atoms with Crippen molar-refractivity contribution < 1.29 is 13.6 Å². The fourth-order valence-electron chi connectivity index (χ4n) is 1.62. The number of ketones is 1. The van der Waals surface area contributed by atoms with Gasteiger partial charge in [0.2, 0.25) is 16.6 Å². The van der Waals surface area contributed by atoms with Crippen molar-refractivity contribution in [2.45, 2.75) is 46.2 Å². The number of benzene rings is 1. The molecule has 1 rings (SSSR count). The van der Waals surface area contributed by atoms with Crippen LogP contribution in [0.1, 0.15) is 17.3 Å². The van der Waals surface area contributed by atoms with Crippen LogP contribution >= 0.6 is 0 Å². The van der Waals surface area contributed by atoms with Crippen LogP contribution in [0.3, 0.4) is 0 Å². The minimum absolute atomic E-state index is 0.00859. The summed E-state index contributed by atoms with van der Waals surface area (Å²) in [5, 5.41) is 0. The molecular weight excluding hydrogens is 272 g/mol. The molecule has 0 amide bonds. The number of hydrogen-bond acceptors (Lipinski definition) is 3. The van der Waals surface area contributed by atoms with Crippen molar-refractivity contribution in [1.29, 1.82) is 0 Å². The molecule has 1 aromatic carbocycles. The van der Waals surface area contributed by atoms with Crippen LogP contribution in [0, 0.1) is 0 Å². The molecule has 0 aliphatic rings. The highest BCUT2D eigenvalue weighted by Crippen LogP contribution is 2.28. The quantitative estimate of drug-likeness (QED) is 0.600. The van der Waals surface area contributed by atoms with Gasteiger partial charge < -0.3 is 8.85 Å². The smallest absolute Gasteiger partial charge is 0.242 e. The zero-order chi connectivity index (χ0) is 14.8. The average Bonchev–Trinajstić information content (AvgIpc) is 2.15. The summed E-state index contributed by atoms with van der Waals surface area (Å²) in [5.41, 5.74) is 0.609. The monoisotopic (exact) mass is 296 g/mol. The number of rotatable bonds is 5. The topological polar surface area (TPSA) is 35.5 Å². The Balaban J connectivity index is 3.12. The largest absolute Gasteiger partial charge is 0.544 e. The molecule has 106 valence electrons. The van der Waals surface area contributed by atoms with Crippen LogP contribution in [-0.2, 0) is 0 Å². The lowest BCUT2D eigenvalue weighted by Gasteiger charge is -2.23. The molecule has 0 aliphatic carbocycles. The minimum atomic E-state index is -1.72. The molecule has 0 spiro atoms. The van der Waals surface area contributed by atoms with Gasteiger partial charge in [-0.05, 0) is 64.4 Å². The van der Waals surface area contributed by atoms with Gasteiger partial charge in [0, 0.05) is 0 Å². The SMILES string of the molecule is CC(=O)c1cc(O[Si](C)(C)C)ccc1O[Si](C)(C)C. The molecule has 0 radical (unpaired) electrons. The Morgan fingerprint density at radius 2 is 1.47 bits per heavy atom. The summed E-state index contributed by atoms with van der Waals surface area (Å²) in [5.74, 6) is 1.44. The van der Waals surface area contributed by atoms with Crippen molar-refractivity contribution in [2.75, 3.05) is 0 Å². The molecule has 5 heteroatoms. The van der Waals surface area contributed by atoms with Gasteiger partial charge in [-0.2, -0.15) is 0 Å². The molecule has 0 saturated carbocycles. The van der Waals surface area contributed by atoms with Gasteiger partial charge in [-0.1, -0.05) is 0 Å². The second kappa shape index (κ2) is 5.50. The van der Waals surface area contributed by atoms with Crippen LogP contribution in [0.5, 0.6) is 11.5 Å². The molecule has 0 aliphatic heterocycles. The molecule has 0 aromatic heterocycles. The summed E-state index contributed by atoms with van der Waals surface area (Å²) in [7, 11) is -3.39. The van der Waals surface area contributed by atoms with E-state index in [-0.39, 0.29) is 5.78 Å². The van der Waals surface area contributed by atoms with E-state index < -0.39 is 16.6 Å². The van der Waals surface area contributed by atoms with Crippen LogP contribution in [0.15, 0.2) is 18.2 Å². The van der Waals surface area contributed by atoms with Gasteiger partial charge in [0.1, 0.15) is 11.5 Å². The van der Waals surface area contributed by atoms with Gasteiger partial charge in [0.15, 0.2) is 5.78 Å². The van der Waals surface area contributed by atoms with Crippen molar-refractivity contribution in [1.82, 2.24) is 0 Å². The van der Waals surface area contributed by atoms with Crippen LogP contribution in [0.4, 0.5) is 0 Å². The first-order chi connectivity index (χ1) is 8.48. The van der Waals surface area contributed by atoms with Gasteiger partial charge in [0.05, 0.1) is 5.56 Å². The molecule has 0 N–H and O–H groups in total. The number of carbonyl (C=O) groups excluding carboxylic acids is 1. The van der Waals surface area contributed by atoms with Gasteiger partial charge in [-0.25, -0.2) is 0 Å². The minimum Gasteiger partial charge on any atom is -0.544 e. The zero-order valence-corrected chi connectivity index (χ0v) is 15.0.